The lowest BCUT2D eigenvalue weighted by atomic mass is 10.0. The first-order valence-electron chi connectivity index (χ1n) is 6.67. The van der Waals surface area contributed by atoms with E-state index < -0.39 is 17.9 Å². The maximum absolute atomic E-state index is 11.9. The number of hydrogen-bond donors (Lipinski definition) is 1. The van der Waals surface area contributed by atoms with Crippen LogP contribution in [0.4, 0.5) is 5.69 Å². The van der Waals surface area contributed by atoms with E-state index in [1.165, 1.54) is 0 Å². The molecular weight excluding hydrogens is 270 g/mol. The molecule has 0 heterocycles. The van der Waals surface area contributed by atoms with Crippen LogP contribution >= 0.6 is 0 Å². The number of benzene rings is 1. The van der Waals surface area contributed by atoms with Crippen LogP contribution in [0.1, 0.15) is 13.8 Å². The van der Waals surface area contributed by atoms with E-state index in [-0.39, 0.29) is 13.2 Å². The van der Waals surface area contributed by atoms with Crippen molar-refractivity contribution in [1.29, 1.82) is 0 Å². The van der Waals surface area contributed by atoms with Crippen molar-refractivity contribution in [1.82, 2.24) is 0 Å². The Labute approximate surface area is 124 Å². The summed E-state index contributed by atoms with van der Waals surface area (Å²) in [6, 6.07) is 6.23. The highest BCUT2D eigenvalue weighted by molar-refractivity contribution is 5.83. The van der Waals surface area contributed by atoms with E-state index in [1.54, 1.807) is 38.1 Å². The van der Waals surface area contributed by atoms with Gasteiger partial charge in [0.05, 0.1) is 6.61 Å². The van der Waals surface area contributed by atoms with Gasteiger partial charge in [-0.3, -0.25) is 0 Å². The number of carbonyl (C=O) groups is 2. The van der Waals surface area contributed by atoms with Crippen molar-refractivity contribution in [2.24, 2.45) is 5.92 Å². The van der Waals surface area contributed by atoms with Crippen LogP contribution < -0.4 is 10.1 Å². The second kappa shape index (κ2) is 8.64. The molecule has 112 valence electrons. The van der Waals surface area contributed by atoms with Gasteiger partial charge in [0.15, 0.2) is 0 Å². The van der Waals surface area contributed by atoms with Gasteiger partial charge in [-0.1, -0.05) is 12.8 Å². The Hall–Kier alpha value is -2.48. The van der Waals surface area contributed by atoms with Crippen LogP contribution in [-0.4, -0.2) is 31.5 Å². The minimum Gasteiger partial charge on any atom is -0.481 e. The van der Waals surface area contributed by atoms with Gasteiger partial charge < -0.3 is 19.6 Å². The molecule has 1 N–H and O–H groups in total. The van der Waals surface area contributed by atoms with Crippen molar-refractivity contribution in [2.45, 2.75) is 19.9 Å². The van der Waals surface area contributed by atoms with Gasteiger partial charge in [0.2, 0.25) is 0 Å². The molecule has 5 nitrogen and oxygen atoms in total. The highest BCUT2D eigenvalue weighted by Crippen LogP contribution is 2.18. The fourth-order valence-electron chi connectivity index (χ4n) is 1.67. The first-order chi connectivity index (χ1) is 10.1. The molecule has 0 amide bonds. The summed E-state index contributed by atoms with van der Waals surface area (Å²) in [7, 11) is 0. The monoisotopic (exact) mass is 289 g/mol. The van der Waals surface area contributed by atoms with Crippen LogP contribution in [0.3, 0.4) is 0 Å². The fourth-order valence-corrected chi connectivity index (χ4v) is 1.67. The number of hydrogen-bond acceptors (Lipinski definition) is 5. The number of carbonyl (C=O) groups excluding carboxylic acids is 2. The molecule has 0 saturated heterocycles. The second-order valence-electron chi connectivity index (χ2n) is 4.39. The lowest BCUT2D eigenvalue weighted by molar-refractivity contribution is -0.146. The standard InChI is InChI=1S/C16H19NO4/c1-4-10-21-14-8-6-13(7-9-14)17-15(12(3)11-18)16(19)20-5-2/h1,6-9,11-12,15,17H,5,10H2,2-3H3/t12-,15+/m1/s1. The molecule has 0 aliphatic rings. The molecule has 0 unspecified atom stereocenters. The molecule has 0 saturated carbocycles. The number of terminal acetylenes is 1. The smallest absolute Gasteiger partial charge is 0.329 e. The van der Waals surface area contributed by atoms with Gasteiger partial charge in [-0.2, -0.15) is 0 Å². The molecule has 21 heavy (non-hydrogen) atoms. The first kappa shape index (κ1) is 16.6. The Kier molecular flexibility index (Phi) is 6.82. The summed E-state index contributed by atoms with van der Waals surface area (Å²) in [4.78, 5) is 22.8. The number of nitrogens with one attached hydrogen (secondary N) is 1. The molecule has 5 heteroatoms. The molecule has 0 fully saturated rings. The van der Waals surface area contributed by atoms with Gasteiger partial charge in [0.1, 0.15) is 24.7 Å². The average molecular weight is 289 g/mol. The largest absolute Gasteiger partial charge is 0.481 e. The minimum atomic E-state index is -0.722. The molecule has 0 radical (unpaired) electrons. The highest BCUT2D eigenvalue weighted by atomic mass is 16.5. The van der Waals surface area contributed by atoms with E-state index in [0.717, 1.165) is 6.29 Å². The van der Waals surface area contributed by atoms with Crippen molar-refractivity contribution in [3.63, 3.8) is 0 Å². The SMILES string of the molecule is C#CCOc1ccc(N[C@H](C(=O)OCC)[C@H](C)C=O)cc1. The summed E-state index contributed by atoms with van der Waals surface area (Å²) in [5, 5.41) is 3.00. The molecule has 0 aliphatic heterocycles. The summed E-state index contributed by atoms with van der Waals surface area (Å²) in [5.41, 5.74) is 0.690. The average Bonchev–Trinajstić information content (AvgIpc) is 2.51. The van der Waals surface area contributed by atoms with Gasteiger partial charge in [0, 0.05) is 11.6 Å². The van der Waals surface area contributed by atoms with Gasteiger partial charge >= 0.3 is 5.97 Å². The number of rotatable bonds is 8. The van der Waals surface area contributed by atoms with Crippen molar-refractivity contribution < 1.29 is 19.1 Å². The summed E-state index contributed by atoms with van der Waals surface area (Å²) in [5.74, 6) is 2.06. The van der Waals surface area contributed by atoms with Gasteiger partial charge in [-0.05, 0) is 31.2 Å². The van der Waals surface area contributed by atoms with Crippen LogP contribution in [0, 0.1) is 18.3 Å². The summed E-state index contributed by atoms with van der Waals surface area (Å²) in [6.07, 6.45) is 5.83. The molecule has 0 aliphatic carbocycles. The third-order valence-corrected chi connectivity index (χ3v) is 2.78. The van der Waals surface area contributed by atoms with E-state index in [4.69, 9.17) is 15.9 Å². The Bertz CT molecular complexity index is 504. The zero-order chi connectivity index (χ0) is 15.7. The first-order valence-corrected chi connectivity index (χ1v) is 6.67. The van der Waals surface area contributed by atoms with Crippen LogP contribution in [0.25, 0.3) is 0 Å². The molecule has 1 aromatic carbocycles. The lowest BCUT2D eigenvalue weighted by Crippen LogP contribution is -2.37. The van der Waals surface area contributed by atoms with Crippen LogP contribution in [-0.2, 0) is 14.3 Å². The number of esters is 1. The highest BCUT2D eigenvalue weighted by Gasteiger charge is 2.26. The quantitative estimate of drug-likeness (QED) is 0.450. The Morgan fingerprint density at radius 1 is 1.43 bits per heavy atom. The maximum atomic E-state index is 11.9. The fraction of sp³-hybridized carbons (Fsp3) is 0.375. The predicted octanol–water partition coefficient (Wildman–Crippen LogP) is 1.88. The van der Waals surface area contributed by atoms with E-state index in [2.05, 4.69) is 11.2 Å². The number of aldehydes is 1. The van der Waals surface area contributed by atoms with E-state index >= 15 is 0 Å². The minimum absolute atomic E-state index is 0.195. The summed E-state index contributed by atoms with van der Waals surface area (Å²) in [6.45, 7) is 3.84. The Morgan fingerprint density at radius 2 is 2.10 bits per heavy atom. The number of ether oxygens (including phenoxy) is 2. The molecule has 0 bridgehead atoms. The van der Waals surface area contributed by atoms with Crippen molar-refractivity contribution >= 4 is 17.9 Å². The van der Waals surface area contributed by atoms with Gasteiger partial charge in [0.25, 0.3) is 0 Å². The number of anilines is 1. The second-order valence-corrected chi connectivity index (χ2v) is 4.39. The molecular formula is C16H19NO4. The Morgan fingerprint density at radius 3 is 2.62 bits per heavy atom. The van der Waals surface area contributed by atoms with Crippen molar-refractivity contribution in [2.75, 3.05) is 18.5 Å². The normalized spacial score (nSPS) is 12.6. The van der Waals surface area contributed by atoms with Crippen molar-refractivity contribution in [3.8, 4) is 18.1 Å². The van der Waals surface area contributed by atoms with E-state index in [9.17, 15) is 9.59 Å². The molecule has 1 aromatic rings. The lowest BCUT2D eigenvalue weighted by Gasteiger charge is -2.20. The molecule has 1 rings (SSSR count). The topological polar surface area (TPSA) is 64.6 Å². The van der Waals surface area contributed by atoms with Crippen molar-refractivity contribution in [3.05, 3.63) is 24.3 Å². The predicted molar refractivity (Wildman–Crippen MR) is 80.0 cm³/mol. The van der Waals surface area contributed by atoms with Gasteiger partial charge in [-0.15, -0.1) is 6.42 Å². The van der Waals surface area contributed by atoms with Gasteiger partial charge in [-0.25, -0.2) is 4.79 Å². The summed E-state index contributed by atoms with van der Waals surface area (Å²) >= 11 is 0. The third-order valence-electron chi connectivity index (χ3n) is 2.78. The summed E-state index contributed by atoms with van der Waals surface area (Å²) < 4.78 is 10.2. The Balaban J connectivity index is 2.76. The van der Waals surface area contributed by atoms with Crippen LogP contribution in [0.2, 0.25) is 0 Å². The zero-order valence-corrected chi connectivity index (χ0v) is 12.2. The van der Waals surface area contributed by atoms with E-state index in [0.29, 0.717) is 11.4 Å². The third kappa shape index (κ3) is 5.19. The molecule has 0 aromatic heterocycles. The van der Waals surface area contributed by atoms with E-state index in [1.807, 2.05) is 0 Å². The zero-order valence-electron chi connectivity index (χ0n) is 12.2. The molecule has 0 spiro atoms. The van der Waals surface area contributed by atoms with Crippen LogP contribution in [0.15, 0.2) is 24.3 Å². The molecule has 2 atom stereocenters. The maximum Gasteiger partial charge on any atom is 0.329 e. The van der Waals surface area contributed by atoms with Crippen LogP contribution in [0.5, 0.6) is 5.75 Å².